The normalized spacial score (nSPS) is 10.3. The number of nitriles is 1. The molecule has 0 radical (unpaired) electrons. The zero-order valence-electron chi connectivity index (χ0n) is 10.6. The molecule has 0 atom stereocenters. The van der Waals surface area contributed by atoms with Crippen molar-refractivity contribution in [1.82, 2.24) is 19.9 Å². The van der Waals surface area contributed by atoms with Crippen LogP contribution in [-0.2, 0) is 0 Å². The third kappa shape index (κ3) is 2.88. The van der Waals surface area contributed by atoms with Crippen molar-refractivity contribution in [2.45, 2.75) is 18.9 Å². The molecule has 6 nitrogen and oxygen atoms in total. The first-order chi connectivity index (χ1) is 9.05. The third-order valence-electron chi connectivity index (χ3n) is 2.35. The molecule has 0 saturated heterocycles. The van der Waals surface area contributed by atoms with Crippen LogP contribution in [-0.4, -0.2) is 26.1 Å². The van der Waals surface area contributed by atoms with E-state index in [9.17, 15) is 0 Å². The molecule has 2 rings (SSSR count). The van der Waals surface area contributed by atoms with Crippen LogP contribution in [0.25, 0.3) is 0 Å². The molecule has 98 valence electrons. The van der Waals surface area contributed by atoms with Gasteiger partial charge >= 0.3 is 0 Å². The Morgan fingerprint density at radius 3 is 2.68 bits per heavy atom. The summed E-state index contributed by atoms with van der Waals surface area (Å²) in [5.74, 6) is 0.390. The minimum atomic E-state index is 0.390. The number of nitrogens with zero attached hydrogens (tertiary/aromatic N) is 5. The first-order valence-electron chi connectivity index (χ1n) is 5.37. The quantitative estimate of drug-likeness (QED) is 0.684. The summed E-state index contributed by atoms with van der Waals surface area (Å²) < 4.78 is 0.471. The second kappa shape index (κ2) is 5.59. The highest BCUT2D eigenvalue weighted by molar-refractivity contribution is 9.10. The van der Waals surface area contributed by atoms with Gasteiger partial charge in [0.25, 0.3) is 0 Å². The lowest BCUT2D eigenvalue weighted by Crippen LogP contribution is -2.15. The van der Waals surface area contributed by atoms with E-state index < -0.39 is 0 Å². The molecule has 0 aliphatic rings. The van der Waals surface area contributed by atoms with Crippen LogP contribution < -0.4 is 5.43 Å². The van der Waals surface area contributed by atoms with Crippen molar-refractivity contribution in [3.8, 4) is 6.07 Å². The van der Waals surface area contributed by atoms with Gasteiger partial charge in [0.1, 0.15) is 21.3 Å². The standard InChI is InChI=1S/C11H11BrN6S/c1-6-4-7(2)18(16-6)17-11-14-9(12)8(5-13)10(15-11)19-3/h4H,1-3H3,(H,14,15,17). The summed E-state index contributed by atoms with van der Waals surface area (Å²) in [5.41, 5.74) is 5.28. The number of hydrogen-bond acceptors (Lipinski definition) is 6. The van der Waals surface area contributed by atoms with Crippen molar-refractivity contribution in [1.29, 1.82) is 5.26 Å². The minimum Gasteiger partial charge on any atom is -0.245 e. The molecular formula is C11H11BrN6S. The Labute approximate surface area is 123 Å². The first-order valence-corrected chi connectivity index (χ1v) is 7.39. The van der Waals surface area contributed by atoms with Crippen LogP contribution in [0.2, 0.25) is 0 Å². The molecule has 0 bridgehead atoms. The van der Waals surface area contributed by atoms with Gasteiger partial charge in [-0.25, -0.2) is 15.4 Å². The number of thioether (sulfide) groups is 1. The van der Waals surface area contributed by atoms with Gasteiger partial charge in [0, 0.05) is 0 Å². The highest BCUT2D eigenvalue weighted by Gasteiger charge is 2.12. The Bertz CT molecular complexity index is 660. The predicted octanol–water partition coefficient (Wildman–Crippen LogP) is 2.52. The van der Waals surface area contributed by atoms with Gasteiger partial charge in [-0.2, -0.15) is 15.2 Å². The number of aryl methyl sites for hydroxylation is 2. The van der Waals surface area contributed by atoms with E-state index in [0.717, 1.165) is 11.4 Å². The van der Waals surface area contributed by atoms with Gasteiger partial charge in [0.05, 0.1) is 11.4 Å². The second-order valence-electron chi connectivity index (χ2n) is 3.78. The van der Waals surface area contributed by atoms with Crippen LogP contribution >= 0.6 is 27.7 Å². The molecule has 0 unspecified atom stereocenters. The summed E-state index contributed by atoms with van der Waals surface area (Å²) in [6, 6.07) is 4.02. The number of nitrogens with one attached hydrogen (secondary N) is 1. The monoisotopic (exact) mass is 338 g/mol. The molecule has 0 amide bonds. The fraction of sp³-hybridized carbons (Fsp3) is 0.273. The van der Waals surface area contributed by atoms with E-state index in [2.05, 4.69) is 42.5 Å². The number of anilines is 1. The van der Waals surface area contributed by atoms with Crippen molar-refractivity contribution in [2.75, 3.05) is 11.7 Å². The van der Waals surface area contributed by atoms with E-state index in [1.807, 2.05) is 26.2 Å². The molecule has 0 aliphatic carbocycles. The Balaban J connectivity index is 2.39. The predicted molar refractivity (Wildman–Crippen MR) is 76.9 cm³/mol. The molecule has 8 heteroatoms. The lowest BCUT2D eigenvalue weighted by Gasteiger charge is -2.09. The van der Waals surface area contributed by atoms with E-state index >= 15 is 0 Å². The van der Waals surface area contributed by atoms with E-state index in [1.165, 1.54) is 11.8 Å². The molecule has 19 heavy (non-hydrogen) atoms. The number of halogens is 1. The van der Waals surface area contributed by atoms with Gasteiger partial charge in [-0.3, -0.25) is 0 Å². The Morgan fingerprint density at radius 2 is 2.16 bits per heavy atom. The van der Waals surface area contributed by atoms with Gasteiger partial charge in [-0.1, -0.05) is 0 Å². The summed E-state index contributed by atoms with van der Waals surface area (Å²) in [4.78, 5) is 10.1. The average molecular weight is 339 g/mol. The second-order valence-corrected chi connectivity index (χ2v) is 5.33. The van der Waals surface area contributed by atoms with Gasteiger partial charge in [0.15, 0.2) is 0 Å². The van der Waals surface area contributed by atoms with E-state index in [-0.39, 0.29) is 0 Å². The van der Waals surface area contributed by atoms with Crippen molar-refractivity contribution < 1.29 is 0 Å². The molecule has 1 N–H and O–H groups in total. The zero-order chi connectivity index (χ0) is 14.0. The molecule has 2 aromatic heterocycles. The summed E-state index contributed by atoms with van der Waals surface area (Å²) in [6.07, 6.45) is 1.86. The van der Waals surface area contributed by atoms with Gasteiger partial charge in [-0.15, -0.1) is 11.8 Å². The van der Waals surface area contributed by atoms with Crippen LogP contribution in [0.15, 0.2) is 15.7 Å². The molecule has 0 spiro atoms. The zero-order valence-corrected chi connectivity index (χ0v) is 13.0. The van der Waals surface area contributed by atoms with Gasteiger partial charge < -0.3 is 0 Å². The van der Waals surface area contributed by atoms with Crippen molar-refractivity contribution in [3.05, 3.63) is 27.6 Å². The van der Waals surface area contributed by atoms with Gasteiger partial charge in [-0.05, 0) is 42.1 Å². The van der Waals surface area contributed by atoms with Crippen molar-refractivity contribution in [2.24, 2.45) is 0 Å². The lowest BCUT2D eigenvalue weighted by molar-refractivity contribution is 0.745. The maximum absolute atomic E-state index is 9.05. The molecule has 2 aromatic rings. The number of rotatable bonds is 3. The lowest BCUT2D eigenvalue weighted by atomic mass is 10.4. The van der Waals surface area contributed by atoms with Crippen LogP contribution in [0, 0.1) is 25.2 Å². The van der Waals surface area contributed by atoms with Crippen LogP contribution in [0.3, 0.4) is 0 Å². The van der Waals surface area contributed by atoms with Crippen molar-refractivity contribution in [3.63, 3.8) is 0 Å². The fourth-order valence-electron chi connectivity index (χ4n) is 1.54. The summed E-state index contributed by atoms with van der Waals surface area (Å²) in [5, 5.41) is 13.9. The van der Waals surface area contributed by atoms with Crippen molar-refractivity contribution >= 4 is 33.6 Å². The number of hydrogen-bond donors (Lipinski definition) is 1. The minimum absolute atomic E-state index is 0.390. The molecule has 0 fully saturated rings. The Morgan fingerprint density at radius 1 is 1.42 bits per heavy atom. The Hall–Kier alpha value is -1.59. The summed E-state index contributed by atoms with van der Waals surface area (Å²) in [7, 11) is 0. The molecule has 0 aromatic carbocycles. The fourth-order valence-corrected chi connectivity index (χ4v) is 2.64. The Kier molecular flexibility index (Phi) is 4.07. The highest BCUT2D eigenvalue weighted by atomic mass is 79.9. The smallest absolute Gasteiger partial charge is 0.245 e. The molecule has 0 aliphatic heterocycles. The van der Waals surface area contributed by atoms with E-state index in [4.69, 9.17) is 5.26 Å². The topological polar surface area (TPSA) is 79.4 Å². The third-order valence-corrected chi connectivity index (χ3v) is 3.61. The largest absolute Gasteiger partial charge is 0.245 e. The molecule has 2 heterocycles. The highest BCUT2D eigenvalue weighted by Crippen LogP contribution is 2.25. The summed E-state index contributed by atoms with van der Waals surface area (Å²) >= 11 is 4.67. The van der Waals surface area contributed by atoms with E-state index in [0.29, 0.717) is 21.1 Å². The molecular weight excluding hydrogens is 328 g/mol. The maximum atomic E-state index is 9.05. The van der Waals surface area contributed by atoms with Crippen LogP contribution in [0.5, 0.6) is 0 Å². The van der Waals surface area contributed by atoms with Crippen LogP contribution in [0.1, 0.15) is 17.0 Å². The molecule has 0 saturated carbocycles. The van der Waals surface area contributed by atoms with E-state index in [1.54, 1.807) is 4.79 Å². The van der Waals surface area contributed by atoms with Gasteiger partial charge in [0.2, 0.25) is 5.95 Å². The average Bonchev–Trinajstić information content (AvgIpc) is 2.67. The SMILES string of the molecule is CSc1nc(Nn2nc(C)cc2C)nc(Br)c1C#N. The first kappa shape index (κ1) is 13.8. The maximum Gasteiger partial charge on any atom is 0.245 e. The van der Waals surface area contributed by atoms with Crippen LogP contribution in [0.4, 0.5) is 5.95 Å². The summed E-state index contributed by atoms with van der Waals surface area (Å²) in [6.45, 7) is 3.84. The number of aromatic nitrogens is 4.